The second-order valence-electron chi connectivity index (χ2n) is 0. The molecule has 0 aliphatic carbocycles. The van der Waals surface area contributed by atoms with Crippen molar-refractivity contribution >= 4 is 0 Å². The molecule has 0 saturated heterocycles. The number of aliphatic hydroxyl groups is 1. The standard InChI is InChI=1S/CH4O.CO/c2*1-2/h2H,1H3;. The van der Waals surface area contributed by atoms with Crippen molar-refractivity contribution in [3.8, 4) is 0 Å². The van der Waals surface area contributed by atoms with Crippen LogP contribution in [0.4, 0.5) is 0 Å². The van der Waals surface area contributed by atoms with Crippen molar-refractivity contribution in [2.75, 3.05) is 7.11 Å². The third-order valence-corrected chi connectivity index (χ3v) is 0. The van der Waals surface area contributed by atoms with E-state index in [0.29, 0.717) is 0 Å². The Balaban J connectivity index is 0. The zero-order valence-electron chi connectivity index (χ0n) is 2.36. The Morgan fingerprint density at radius 1 is 1.50 bits per heavy atom. The molecule has 0 aliphatic heterocycles. The van der Waals surface area contributed by atoms with Gasteiger partial charge in [-0.05, 0) is 0 Å². The van der Waals surface area contributed by atoms with E-state index in [1.165, 1.54) is 0 Å². The first-order valence-electron chi connectivity index (χ1n) is 0.651. The van der Waals surface area contributed by atoms with Crippen LogP contribution < -0.4 is 0 Å². The summed E-state index contributed by atoms with van der Waals surface area (Å²) in [5, 5.41) is 7.00. The van der Waals surface area contributed by atoms with Gasteiger partial charge in [0, 0.05) is 7.11 Å². The molecule has 0 fully saturated rings. The molecule has 0 aromatic rings. The van der Waals surface area contributed by atoms with Crippen molar-refractivity contribution in [3.63, 3.8) is 0 Å². The van der Waals surface area contributed by atoms with Crippen LogP contribution in [0.15, 0.2) is 0 Å². The first-order valence-corrected chi connectivity index (χ1v) is 0.651. The summed E-state index contributed by atoms with van der Waals surface area (Å²) in [4.78, 5) is 0. The first kappa shape index (κ1) is 9.33. The van der Waals surface area contributed by atoms with E-state index in [1.54, 1.807) is 0 Å². The summed E-state index contributed by atoms with van der Waals surface area (Å²) in [5.41, 5.74) is 0. The summed E-state index contributed by atoms with van der Waals surface area (Å²) in [7, 11) is 1.00. The Hall–Kier alpha value is -0.300. The van der Waals surface area contributed by atoms with Gasteiger partial charge in [0.1, 0.15) is 0 Å². The van der Waals surface area contributed by atoms with Crippen molar-refractivity contribution in [3.05, 3.63) is 6.65 Å². The predicted octanol–water partition coefficient (Wildman–Crippen LogP) is -0.429. The third-order valence-electron chi connectivity index (χ3n) is 0. The number of rotatable bonds is 0. The maximum atomic E-state index is 7.50. The molecule has 0 aromatic carbocycles. The van der Waals surface area contributed by atoms with E-state index in [-0.39, 0.29) is 0 Å². The summed E-state index contributed by atoms with van der Waals surface area (Å²) >= 11 is 0. The summed E-state index contributed by atoms with van der Waals surface area (Å²) in [5.74, 6) is 0. The number of hydrogen-bond donors (Lipinski definition) is 1. The number of hydrogen-bond acceptors (Lipinski definition) is 1. The van der Waals surface area contributed by atoms with Gasteiger partial charge in [-0.2, -0.15) is 0 Å². The van der Waals surface area contributed by atoms with Crippen LogP contribution in [-0.4, -0.2) is 12.2 Å². The molecule has 0 aromatic heterocycles. The molecule has 0 rings (SSSR count). The molecule has 2 heteroatoms. The minimum absolute atomic E-state index is 1.00. The third kappa shape index (κ3) is 9.26. The second-order valence-corrected chi connectivity index (χ2v) is 0. The maximum absolute atomic E-state index is 7.50. The van der Waals surface area contributed by atoms with Crippen molar-refractivity contribution in [1.29, 1.82) is 0 Å². The Bertz CT molecular complexity index is 8.75. The normalized spacial score (nSPS) is 2.00. The van der Waals surface area contributed by atoms with E-state index in [0.717, 1.165) is 7.11 Å². The monoisotopic (exact) mass is 60.0 g/mol. The molecule has 0 unspecified atom stereocenters. The molecule has 0 atom stereocenters. The van der Waals surface area contributed by atoms with Gasteiger partial charge in [0.05, 0.1) is 0 Å². The van der Waals surface area contributed by atoms with Crippen LogP contribution in [0.25, 0.3) is 0 Å². The van der Waals surface area contributed by atoms with E-state index in [4.69, 9.17) is 9.76 Å². The molecular formula is C2H4O2. The molecule has 0 bridgehead atoms. The Labute approximate surface area is 24.8 Å². The molecule has 0 radical (unpaired) electrons. The van der Waals surface area contributed by atoms with E-state index in [9.17, 15) is 0 Å². The van der Waals surface area contributed by atoms with E-state index in [1.807, 2.05) is 0 Å². The van der Waals surface area contributed by atoms with Crippen molar-refractivity contribution < 1.29 is 9.76 Å². The molecule has 4 heavy (non-hydrogen) atoms. The molecule has 0 heterocycles. The van der Waals surface area contributed by atoms with Gasteiger partial charge in [0.2, 0.25) is 0 Å². The van der Waals surface area contributed by atoms with Gasteiger partial charge in [0.15, 0.2) is 0 Å². The molecule has 0 spiro atoms. The second kappa shape index (κ2) is 86.7. The average molecular weight is 60.1 g/mol. The van der Waals surface area contributed by atoms with Gasteiger partial charge in [-0.1, -0.05) is 0 Å². The summed E-state index contributed by atoms with van der Waals surface area (Å²) < 4.78 is 7.50. The SMILES string of the molecule is CO.[C-]#[O+]. The van der Waals surface area contributed by atoms with Crippen molar-refractivity contribution in [2.24, 2.45) is 0 Å². The summed E-state index contributed by atoms with van der Waals surface area (Å²) in [6.07, 6.45) is 0. The number of aliphatic hydroxyl groups excluding tert-OH is 1. The molecule has 0 amide bonds. The van der Waals surface area contributed by atoms with Crippen LogP contribution in [-0.2, 0) is 4.65 Å². The summed E-state index contributed by atoms with van der Waals surface area (Å²) in [6, 6.07) is 0. The van der Waals surface area contributed by atoms with Crippen LogP contribution in [0.2, 0.25) is 0 Å². The van der Waals surface area contributed by atoms with Gasteiger partial charge < -0.3 is 5.11 Å². The molecule has 24 valence electrons. The average Bonchev–Trinajstić information content (AvgIpc) is 1.50. The Kier molecular flexibility index (Phi) is 202. The van der Waals surface area contributed by atoms with E-state index < -0.39 is 0 Å². The minimum atomic E-state index is 1.00. The van der Waals surface area contributed by atoms with Gasteiger partial charge in [-0.15, -0.1) is 0 Å². The van der Waals surface area contributed by atoms with Crippen LogP contribution >= 0.6 is 0 Å². The fourth-order valence-electron chi connectivity index (χ4n) is 0. The molecule has 0 aliphatic rings. The fourth-order valence-corrected chi connectivity index (χ4v) is 0. The van der Waals surface area contributed by atoms with Crippen LogP contribution in [0.5, 0.6) is 0 Å². The predicted molar refractivity (Wildman–Crippen MR) is 12.1 cm³/mol. The first-order chi connectivity index (χ1) is 2.00. The molecule has 1 N–H and O–H groups in total. The van der Waals surface area contributed by atoms with Gasteiger partial charge in [0.25, 0.3) is 0 Å². The van der Waals surface area contributed by atoms with E-state index >= 15 is 0 Å². The molecular weight excluding hydrogens is 56.0 g/mol. The fraction of sp³-hybridized carbons (Fsp3) is 0.500. The Morgan fingerprint density at radius 2 is 1.50 bits per heavy atom. The van der Waals surface area contributed by atoms with Gasteiger partial charge in [-0.25, -0.2) is 0 Å². The zero-order chi connectivity index (χ0) is 4.00. The zero-order valence-corrected chi connectivity index (χ0v) is 2.36. The van der Waals surface area contributed by atoms with Gasteiger partial charge >= 0.3 is 11.3 Å². The Morgan fingerprint density at radius 3 is 1.50 bits per heavy atom. The molecule has 2 nitrogen and oxygen atoms in total. The van der Waals surface area contributed by atoms with Gasteiger partial charge in [-0.3, -0.25) is 0 Å². The van der Waals surface area contributed by atoms with Crippen molar-refractivity contribution in [2.45, 2.75) is 0 Å². The molecule has 0 saturated carbocycles. The van der Waals surface area contributed by atoms with Crippen molar-refractivity contribution in [1.82, 2.24) is 0 Å². The van der Waals surface area contributed by atoms with Crippen LogP contribution in [0.1, 0.15) is 0 Å². The topological polar surface area (TPSA) is 40.1 Å². The van der Waals surface area contributed by atoms with Crippen LogP contribution in [0.3, 0.4) is 0 Å². The van der Waals surface area contributed by atoms with E-state index in [2.05, 4.69) is 6.65 Å². The quantitative estimate of drug-likeness (QED) is 0.299. The van der Waals surface area contributed by atoms with Crippen LogP contribution in [0, 0.1) is 6.65 Å². The summed E-state index contributed by atoms with van der Waals surface area (Å²) in [6.45, 7) is 4.50.